The Bertz CT molecular complexity index is 343. The molecule has 0 bridgehead atoms. The molecule has 2 rings (SSSR count). The van der Waals surface area contributed by atoms with Gasteiger partial charge in [-0.1, -0.05) is 0 Å². The average molecular weight is 176 g/mol. The number of aryl methyl sites for hydroxylation is 1. The van der Waals surface area contributed by atoms with Crippen molar-refractivity contribution in [1.29, 1.82) is 5.26 Å². The molecule has 1 aromatic rings. The molecule has 0 radical (unpaired) electrons. The molecule has 0 saturated heterocycles. The van der Waals surface area contributed by atoms with Crippen molar-refractivity contribution in [3.05, 3.63) is 12.2 Å². The van der Waals surface area contributed by atoms with Crippen LogP contribution < -0.4 is 0 Å². The second-order valence-corrected chi connectivity index (χ2v) is 3.45. The Labute approximate surface area is 77.2 Å². The minimum atomic E-state index is -0.327. The first-order chi connectivity index (χ1) is 6.32. The van der Waals surface area contributed by atoms with Gasteiger partial charge in [-0.3, -0.25) is 0 Å². The molecule has 13 heavy (non-hydrogen) atoms. The predicted molar refractivity (Wildman–Crippen MR) is 46.8 cm³/mol. The van der Waals surface area contributed by atoms with Gasteiger partial charge in [0.1, 0.15) is 17.6 Å². The molecule has 1 aliphatic rings. The fourth-order valence-corrected chi connectivity index (χ4v) is 1.78. The van der Waals surface area contributed by atoms with Gasteiger partial charge in [0.2, 0.25) is 0 Å². The third kappa shape index (κ3) is 1.04. The molecular weight excluding hydrogens is 164 g/mol. The van der Waals surface area contributed by atoms with Crippen LogP contribution in [0, 0.1) is 11.3 Å². The van der Waals surface area contributed by atoms with E-state index < -0.39 is 0 Å². The lowest BCUT2D eigenvalue weighted by Crippen LogP contribution is -2.35. The second-order valence-electron chi connectivity index (χ2n) is 3.45. The monoisotopic (exact) mass is 176 g/mol. The van der Waals surface area contributed by atoms with Crippen LogP contribution in [0.15, 0.2) is 6.33 Å². The van der Waals surface area contributed by atoms with Gasteiger partial charge in [0, 0.05) is 6.54 Å². The molecule has 1 fully saturated rings. The summed E-state index contributed by atoms with van der Waals surface area (Å²) in [5.41, 5.74) is -0.327. The first-order valence-electron chi connectivity index (χ1n) is 4.62. The van der Waals surface area contributed by atoms with Gasteiger partial charge in [0.15, 0.2) is 0 Å². The third-order valence-electron chi connectivity index (χ3n) is 2.76. The van der Waals surface area contributed by atoms with Crippen molar-refractivity contribution in [1.82, 2.24) is 14.8 Å². The zero-order chi connectivity index (χ0) is 9.31. The van der Waals surface area contributed by atoms with Gasteiger partial charge in [-0.2, -0.15) is 10.4 Å². The van der Waals surface area contributed by atoms with E-state index in [1.807, 2.05) is 11.6 Å². The lowest BCUT2D eigenvalue weighted by molar-refractivity contribution is 0.293. The number of nitrogens with zero attached hydrogens (tertiary/aromatic N) is 4. The molecule has 4 heteroatoms. The molecule has 0 amide bonds. The van der Waals surface area contributed by atoms with E-state index >= 15 is 0 Å². The Hall–Kier alpha value is -1.37. The maximum Gasteiger partial charge on any atom is 0.147 e. The Kier molecular flexibility index (Phi) is 1.80. The highest BCUT2D eigenvalue weighted by Crippen LogP contribution is 2.41. The zero-order valence-corrected chi connectivity index (χ0v) is 7.69. The summed E-state index contributed by atoms with van der Waals surface area (Å²) in [7, 11) is 0. The Morgan fingerprint density at radius 3 is 2.92 bits per heavy atom. The molecule has 0 N–H and O–H groups in total. The Morgan fingerprint density at radius 1 is 1.69 bits per heavy atom. The first kappa shape index (κ1) is 8.24. The normalized spacial score (nSPS) is 19.1. The molecule has 0 aromatic carbocycles. The lowest BCUT2D eigenvalue weighted by atomic mass is 9.69. The summed E-state index contributed by atoms with van der Waals surface area (Å²) in [5.74, 6) is 0.851. The van der Waals surface area contributed by atoms with Gasteiger partial charge in [-0.15, -0.1) is 0 Å². The van der Waals surface area contributed by atoms with E-state index in [0.29, 0.717) is 0 Å². The third-order valence-corrected chi connectivity index (χ3v) is 2.76. The summed E-state index contributed by atoms with van der Waals surface area (Å²) in [6.45, 7) is 2.81. The van der Waals surface area contributed by atoms with E-state index in [2.05, 4.69) is 16.2 Å². The Balaban J connectivity index is 2.39. The molecule has 0 spiro atoms. The summed E-state index contributed by atoms with van der Waals surface area (Å²) >= 11 is 0. The van der Waals surface area contributed by atoms with Crippen molar-refractivity contribution >= 4 is 0 Å². The van der Waals surface area contributed by atoms with E-state index in [1.54, 1.807) is 0 Å². The Morgan fingerprint density at radius 2 is 2.46 bits per heavy atom. The highest BCUT2D eigenvalue weighted by molar-refractivity contribution is 5.24. The van der Waals surface area contributed by atoms with E-state index in [1.165, 1.54) is 6.33 Å². The number of hydrogen-bond acceptors (Lipinski definition) is 3. The van der Waals surface area contributed by atoms with Gasteiger partial charge >= 0.3 is 0 Å². The smallest absolute Gasteiger partial charge is 0.147 e. The summed E-state index contributed by atoms with van der Waals surface area (Å²) in [6.07, 6.45) is 4.53. The highest BCUT2D eigenvalue weighted by atomic mass is 15.3. The molecule has 1 aromatic heterocycles. The standard InChI is InChI=1S/C9H12N4/c1-2-13-8(11-7-12-13)9(6-10)4-3-5-9/h7H,2-5H2,1H3. The fourth-order valence-electron chi connectivity index (χ4n) is 1.78. The molecule has 0 unspecified atom stereocenters. The van der Waals surface area contributed by atoms with Crippen molar-refractivity contribution < 1.29 is 0 Å². The minimum Gasteiger partial charge on any atom is -0.249 e. The van der Waals surface area contributed by atoms with Crippen LogP contribution >= 0.6 is 0 Å². The van der Waals surface area contributed by atoms with Gasteiger partial charge in [-0.05, 0) is 26.2 Å². The van der Waals surface area contributed by atoms with Gasteiger partial charge in [0.25, 0.3) is 0 Å². The summed E-state index contributed by atoms with van der Waals surface area (Å²) in [4.78, 5) is 4.18. The van der Waals surface area contributed by atoms with Crippen molar-refractivity contribution in [3.8, 4) is 6.07 Å². The van der Waals surface area contributed by atoms with Crippen LogP contribution in [0.3, 0.4) is 0 Å². The summed E-state index contributed by atoms with van der Waals surface area (Å²) < 4.78 is 1.82. The highest BCUT2D eigenvalue weighted by Gasteiger charge is 2.42. The molecule has 0 atom stereocenters. The lowest BCUT2D eigenvalue weighted by Gasteiger charge is -2.33. The molecule has 1 heterocycles. The van der Waals surface area contributed by atoms with Crippen LogP contribution in [-0.4, -0.2) is 14.8 Å². The van der Waals surface area contributed by atoms with Gasteiger partial charge in [-0.25, -0.2) is 9.67 Å². The number of nitriles is 1. The summed E-state index contributed by atoms with van der Waals surface area (Å²) in [5, 5.41) is 13.2. The van der Waals surface area contributed by atoms with Gasteiger partial charge in [0.05, 0.1) is 6.07 Å². The van der Waals surface area contributed by atoms with E-state index in [0.717, 1.165) is 31.6 Å². The van der Waals surface area contributed by atoms with Crippen LogP contribution in [0.2, 0.25) is 0 Å². The van der Waals surface area contributed by atoms with Crippen LogP contribution in [0.25, 0.3) is 0 Å². The number of hydrogen-bond donors (Lipinski definition) is 0. The van der Waals surface area contributed by atoms with E-state index in [-0.39, 0.29) is 5.41 Å². The average Bonchev–Trinajstić information content (AvgIpc) is 2.52. The maximum absolute atomic E-state index is 9.10. The molecule has 0 aliphatic heterocycles. The van der Waals surface area contributed by atoms with Crippen LogP contribution in [0.5, 0.6) is 0 Å². The molecule has 1 saturated carbocycles. The molecule has 4 nitrogen and oxygen atoms in total. The van der Waals surface area contributed by atoms with Crippen LogP contribution in [0.1, 0.15) is 32.0 Å². The predicted octanol–water partition coefficient (Wildman–Crippen LogP) is 1.24. The van der Waals surface area contributed by atoms with Crippen molar-refractivity contribution in [2.45, 2.75) is 38.1 Å². The van der Waals surface area contributed by atoms with Crippen molar-refractivity contribution in [3.63, 3.8) is 0 Å². The zero-order valence-electron chi connectivity index (χ0n) is 7.69. The first-order valence-corrected chi connectivity index (χ1v) is 4.62. The SMILES string of the molecule is CCn1ncnc1C1(C#N)CCC1. The maximum atomic E-state index is 9.10. The topological polar surface area (TPSA) is 54.5 Å². The molecule has 1 aliphatic carbocycles. The van der Waals surface area contributed by atoms with Gasteiger partial charge < -0.3 is 0 Å². The minimum absolute atomic E-state index is 0.327. The number of aromatic nitrogens is 3. The number of rotatable bonds is 2. The van der Waals surface area contributed by atoms with E-state index in [4.69, 9.17) is 5.26 Å². The largest absolute Gasteiger partial charge is 0.249 e. The van der Waals surface area contributed by atoms with Crippen LogP contribution in [0.4, 0.5) is 0 Å². The van der Waals surface area contributed by atoms with E-state index in [9.17, 15) is 0 Å². The molecule has 68 valence electrons. The fraction of sp³-hybridized carbons (Fsp3) is 0.667. The quantitative estimate of drug-likeness (QED) is 0.681. The van der Waals surface area contributed by atoms with Crippen LogP contribution in [-0.2, 0) is 12.0 Å². The molecular formula is C9H12N4. The second kappa shape index (κ2) is 2.84. The summed E-state index contributed by atoms with van der Waals surface area (Å²) in [6, 6.07) is 2.37. The van der Waals surface area contributed by atoms with Crippen molar-refractivity contribution in [2.24, 2.45) is 0 Å². The van der Waals surface area contributed by atoms with Crippen molar-refractivity contribution in [2.75, 3.05) is 0 Å².